The van der Waals surface area contributed by atoms with Gasteiger partial charge in [-0.05, 0) is 43.2 Å². The van der Waals surface area contributed by atoms with Crippen LogP contribution in [0.1, 0.15) is 49.7 Å². The van der Waals surface area contributed by atoms with Gasteiger partial charge >= 0.3 is 0 Å². The Morgan fingerprint density at radius 3 is 2.91 bits per heavy atom. The van der Waals surface area contributed by atoms with Crippen LogP contribution in [-0.4, -0.2) is 28.7 Å². The predicted octanol–water partition coefficient (Wildman–Crippen LogP) is 2.48. The molecule has 3 aliphatic carbocycles. The zero-order valence-corrected chi connectivity index (χ0v) is 12.9. The molecular weight excluding hydrogens is 280 g/mol. The van der Waals surface area contributed by atoms with E-state index in [-0.39, 0.29) is 17.5 Å². The standard InChI is InChI=1S/C18H22O4/c1-22-14-5-4-11-9-12-3-2-7-17(15(11)16(14)20)10-13(19)6-8-18(12,17)21/h4-5,12,20-21H,2-3,6-10H2,1H3. The van der Waals surface area contributed by atoms with E-state index in [2.05, 4.69) is 0 Å². The summed E-state index contributed by atoms with van der Waals surface area (Å²) in [5.74, 6) is 0.932. The summed E-state index contributed by atoms with van der Waals surface area (Å²) in [6.45, 7) is 0. The molecule has 22 heavy (non-hydrogen) atoms. The molecule has 1 aromatic rings. The number of carbonyl (C=O) groups is 1. The molecule has 0 aromatic heterocycles. The molecule has 3 aliphatic rings. The Labute approximate surface area is 130 Å². The average molecular weight is 302 g/mol. The number of carbonyl (C=O) groups excluding carboxylic acids is 1. The second-order valence-corrected chi connectivity index (χ2v) is 7.17. The third-order valence-corrected chi connectivity index (χ3v) is 6.34. The molecule has 1 aromatic carbocycles. The second kappa shape index (κ2) is 4.48. The highest BCUT2D eigenvalue weighted by Gasteiger charge is 2.63. The van der Waals surface area contributed by atoms with Crippen LogP contribution in [-0.2, 0) is 16.6 Å². The number of benzene rings is 1. The van der Waals surface area contributed by atoms with Gasteiger partial charge in [0.05, 0.1) is 12.7 Å². The van der Waals surface area contributed by atoms with Crippen LogP contribution in [0.15, 0.2) is 12.1 Å². The predicted molar refractivity (Wildman–Crippen MR) is 81.2 cm³/mol. The van der Waals surface area contributed by atoms with Crippen molar-refractivity contribution in [1.29, 1.82) is 0 Å². The smallest absolute Gasteiger partial charge is 0.161 e. The number of hydrogen-bond donors (Lipinski definition) is 2. The molecule has 0 radical (unpaired) electrons. The van der Waals surface area contributed by atoms with Crippen molar-refractivity contribution in [3.63, 3.8) is 0 Å². The molecule has 118 valence electrons. The number of Topliss-reactive ketones (excluding diaryl/α,β-unsaturated/α-hetero) is 1. The lowest BCUT2D eigenvalue weighted by Crippen LogP contribution is -2.64. The summed E-state index contributed by atoms with van der Waals surface area (Å²) >= 11 is 0. The summed E-state index contributed by atoms with van der Waals surface area (Å²) in [5, 5.41) is 22.2. The molecule has 3 atom stereocenters. The van der Waals surface area contributed by atoms with E-state index >= 15 is 0 Å². The summed E-state index contributed by atoms with van der Waals surface area (Å²) in [4.78, 5) is 12.2. The summed E-state index contributed by atoms with van der Waals surface area (Å²) in [7, 11) is 1.53. The molecule has 2 bridgehead atoms. The van der Waals surface area contributed by atoms with E-state index in [1.165, 1.54) is 7.11 Å². The summed E-state index contributed by atoms with van der Waals surface area (Å²) in [6, 6.07) is 3.78. The molecule has 2 saturated carbocycles. The van der Waals surface area contributed by atoms with Crippen molar-refractivity contribution in [3.8, 4) is 11.5 Å². The number of methoxy groups -OCH3 is 1. The molecule has 0 saturated heterocycles. The van der Waals surface area contributed by atoms with Crippen molar-refractivity contribution in [2.75, 3.05) is 7.11 Å². The van der Waals surface area contributed by atoms with Crippen molar-refractivity contribution >= 4 is 5.78 Å². The number of hydrogen-bond acceptors (Lipinski definition) is 4. The minimum Gasteiger partial charge on any atom is -0.504 e. The van der Waals surface area contributed by atoms with Gasteiger partial charge < -0.3 is 14.9 Å². The van der Waals surface area contributed by atoms with Crippen LogP contribution in [0.3, 0.4) is 0 Å². The lowest BCUT2D eigenvalue weighted by Gasteiger charge is -2.60. The third-order valence-electron chi connectivity index (χ3n) is 6.34. The first-order valence-corrected chi connectivity index (χ1v) is 8.15. The fourth-order valence-corrected chi connectivity index (χ4v) is 5.38. The third kappa shape index (κ3) is 1.54. The van der Waals surface area contributed by atoms with Crippen LogP contribution in [0.5, 0.6) is 11.5 Å². The zero-order chi connectivity index (χ0) is 15.5. The molecule has 4 heteroatoms. The van der Waals surface area contributed by atoms with E-state index in [0.717, 1.165) is 36.8 Å². The highest BCUT2D eigenvalue weighted by atomic mass is 16.5. The van der Waals surface area contributed by atoms with E-state index in [4.69, 9.17) is 4.74 Å². The van der Waals surface area contributed by atoms with Crippen LogP contribution in [0, 0.1) is 5.92 Å². The fraction of sp³-hybridized carbons (Fsp3) is 0.611. The van der Waals surface area contributed by atoms with Crippen molar-refractivity contribution in [1.82, 2.24) is 0 Å². The molecular formula is C18H22O4. The number of ketones is 1. The van der Waals surface area contributed by atoms with Crippen LogP contribution < -0.4 is 4.74 Å². The van der Waals surface area contributed by atoms with Crippen molar-refractivity contribution in [2.45, 2.75) is 56.0 Å². The van der Waals surface area contributed by atoms with Gasteiger partial charge in [0.2, 0.25) is 0 Å². The van der Waals surface area contributed by atoms with E-state index in [9.17, 15) is 15.0 Å². The first-order valence-electron chi connectivity index (χ1n) is 8.15. The largest absolute Gasteiger partial charge is 0.504 e. The Hall–Kier alpha value is -1.55. The Balaban J connectivity index is 2.00. The molecule has 2 fully saturated rings. The number of fused-ring (bicyclic) bond motifs is 1. The van der Waals surface area contributed by atoms with E-state index in [1.54, 1.807) is 6.07 Å². The molecule has 4 rings (SSSR count). The van der Waals surface area contributed by atoms with Crippen molar-refractivity contribution in [3.05, 3.63) is 23.3 Å². The zero-order valence-electron chi connectivity index (χ0n) is 12.9. The molecule has 0 aliphatic heterocycles. The molecule has 0 heterocycles. The molecule has 3 unspecified atom stereocenters. The van der Waals surface area contributed by atoms with Gasteiger partial charge in [-0.3, -0.25) is 4.79 Å². The number of phenolic OH excluding ortho intramolecular Hbond substituents is 1. The van der Waals surface area contributed by atoms with Gasteiger partial charge in [0.1, 0.15) is 5.78 Å². The Bertz CT molecular complexity index is 653. The Morgan fingerprint density at radius 2 is 2.14 bits per heavy atom. The maximum Gasteiger partial charge on any atom is 0.161 e. The summed E-state index contributed by atoms with van der Waals surface area (Å²) in [6.07, 6.45) is 4.85. The van der Waals surface area contributed by atoms with Crippen LogP contribution in [0.25, 0.3) is 0 Å². The second-order valence-electron chi connectivity index (χ2n) is 7.17. The van der Waals surface area contributed by atoms with Crippen molar-refractivity contribution < 1.29 is 19.7 Å². The molecule has 0 amide bonds. The van der Waals surface area contributed by atoms with Gasteiger partial charge in [-0.1, -0.05) is 12.5 Å². The maximum absolute atomic E-state index is 12.2. The van der Waals surface area contributed by atoms with E-state index in [0.29, 0.717) is 25.0 Å². The number of aliphatic hydroxyl groups is 1. The van der Waals surface area contributed by atoms with Crippen LogP contribution in [0.4, 0.5) is 0 Å². The highest BCUT2D eigenvalue weighted by Crippen LogP contribution is 2.62. The van der Waals surface area contributed by atoms with Crippen LogP contribution in [0.2, 0.25) is 0 Å². The summed E-state index contributed by atoms with van der Waals surface area (Å²) in [5.41, 5.74) is 0.355. The van der Waals surface area contributed by atoms with Gasteiger partial charge in [-0.15, -0.1) is 0 Å². The SMILES string of the molecule is COc1ccc2c(c1O)C13CCCC(C2)C1(O)CCC(=O)C3. The maximum atomic E-state index is 12.2. The summed E-state index contributed by atoms with van der Waals surface area (Å²) < 4.78 is 5.27. The number of aromatic hydroxyl groups is 1. The topological polar surface area (TPSA) is 66.8 Å². The van der Waals surface area contributed by atoms with Crippen LogP contribution >= 0.6 is 0 Å². The molecule has 2 N–H and O–H groups in total. The average Bonchev–Trinajstić information content (AvgIpc) is 2.47. The van der Waals surface area contributed by atoms with Gasteiger partial charge in [-0.2, -0.15) is 0 Å². The van der Waals surface area contributed by atoms with Gasteiger partial charge in [0, 0.05) is 23.8 Å². The highest BCUT2D eigenvalue weighted by molar-refractivity contribution is 5.83. The lowest BCUT2D eigenvalue weighted by molar-refractivity contribution is -0.160. The van der Waals surface area contributed by atoms with E-state index in [1.807, 2.05) is 6.07 Å². The molecule has 4 nitrogen and oxygen atoms in total. The Kier molecular flexibility index (Phi) is 2.86. The molecule has 0 spiro atoms. The van der Waals surface area contributed by atoms with Gasteiger partial charge in [0.25, 0.3) is 0 Å². The first kappa shape index (κ1) is 14.1. The lowest BCUT2D eigenvalue weighted by atomic mass is 9.46. The van der Waals surface area contributed by atoms with Gasteiger partial charge in [0.15, 0.2) is 11.5 Å². The quantitative estimate of drug-likeness (QED) is 0.836. The van der Waals surface area contributed by atoms with E-state index < -0.39 is 11.0 Å². The van der Waals surface area contributed by atoms with Crippen molar-refractivity contribution in [2.24, 2.45) is 5.92 Å². The normalized spacial score (nSPS) is 36.5. The Morgan fingerprint density at radius 1 is 1.32 bits per heavy atom. The number of ether oxygens (including phenoxy) is 1. The monoisotopic (exact) mass is 302 g/mol. The number of phenols is 1. The number of rotatable bonds is 1. The minimum absolute atomic E-state index is 0.119. The minimum atomic E-state index is -0.865. The fourth-order valence-electron chi connectivity index (χ4n) is 5.38. The van der Waals surface area contributed by atoms with Gasteiger partial charge in [-0.25, -0.2) is 0 Å². The first-order chi connectivity index (χ1) is 10.5.